The number of rotatable bonds is 6. The average molecular weight is 293 g/mol. The van der Waals surface area contributed by atoms with Gasteiger partial charge in [0.05, 0.1) is 19.0 Å². The van der Waals surface area contributed by atoms with Gasteiger partial charge in [-0.15, -0.1) is 11.3 Å². The van der Waals surface area contributed by atoms with Gasteiger partial charge >= 0.3 is 0 Å². The number of aromatic amines is 1. The van der Waals surface area contributed by atoms with Crippen LogP contribution in [0.25, 0.3) is 0 Å². The molecule has 2 heterocycles. The van der Waals surface area contributed by atoms with E-state index >= 15 is 0 Å². The van der Waals surface area contributed by atoms with Crippen LogP contribution in [0.2, 0.25) is 0 Å². The molecule has 0 aliphatic heterocycles. The molecule has 2 aromatic rings. The molecule has 0 aliphatic carbocycles. The molecule has 0 saturated carbocycles. The number of carbonyl (C=O) groups is 2. The Labute approximate surface area is 119 Å². The number of carbonyl (C=O) groups excluding carboxylic acids is 2. The fourth-order valence-electron chi connectivity index (χ4n) is 1.71. The summed E-state index contributed by atoms with van der Waals surface area (Å²) in [5, 5.41) is 13.8. The van der Waals surface area contributed by atoms with E-state index in [0.717, 1.165) is 4.88 Å². The summed E-state index contributed by atoms with van der Waals surface area (Å²) < 4.78 is 0. The highest BCUT2D eigenvalue weighted by atomic mass is 32.1. The predicted molar refractivity (Wildman–Crippen MR) is 73.7 cm³/mol. The summed E-state index contributed by atoms with van der Waals surface area (Å²) in [5.74, 6) is 0.269. The SMILES string of the molecule is CC(=O)NC(CC(=O)NCc1ncn[nH]1)c1cccs1. The third-order valence-corrected chi connectivity index (χ3v) is 3.56. The van der Waals surface area contributed by atoms with E-state index in [1.54, 1.807) is 0 Å². The second kappa shape index (κ2) is 6.80. The van der Waals surface area contributed by atoms with E-state index in [-0.39, 0.29) is 30.8 Å². The summed E-state index contributed by atoms with van der Waals surface area (Å²) >= 11 is 1.51. The van der Waals surface area contributed by atoms with Crippen LogP contribution < -0.4 is 10.6 Å². The molecular formula is C12H15N5O2S. The molecule has 0 saturated heterocycles. The number of hydrogen-bond donors (Lipinski definition) is 3. The Hall–Kier alpha value is -2.22. The van der Waals surface area contributed by atoms with Crippen molar-refractivity contribution in [2.24, 2.45) is 0 Å². The molecule has 0 fully saturated rings. The van der Waals surface area contributed by atoms with Crippen LogP contribution in [-0.2, 0) is 16.1 Å². The standard InChI is InChI=1S/C12H15N5O2S/c1-8(18)16-9(10-3-2-4-20-10)5-12(19)13-6-11-14-7-15-17-11/h2-4,7,9H,5-6H2,1H3,(H,13,19)(H,16,18)(H,14,15,17). The Bertz CT molecular complexity index is 552. The summed E-state index contributed by atoms with van der Waals surface area (Å²) in [5.41, 5.74) is 0. The van der Waals surface area contributed by atoms with Crippen LogP contribution in [0.3, 0.4) is 0 Å². The van der Waals surface area contributed by atoms with Crippen molar-refractivity contribution in [3.63, 3.8) is 0 Å². The van der Waals surface area contributed by atoms with Gasteiger partial charge in [0.1, 0.15) is 12.2 Å². The monoisotopic (exact) mass is 293 g/mol. The Balaban J connectivity index is 1.90. The third kappa shape index (κ3) is 4.16. The second-order valence-corrected chi connectivity index (χ2v) is 5.16. The molecule has 2 rings (SSSR count). The fourth-order valence-corrected chi connectivity index (χ4v) is 2.49. The van der Waals surface area contributed by atoms with Crippen LogP contribution in [0.15, 0.2) is 23.8 Å². The van der Waals surface area contributed by atoms with E-state index in [1.165, 1.54) is 24.6 Å². The zero-order valence-corrected chi connectivity index (χ0v) is 11.7. The van der Waals surface area contributed by atoms with Gasteiger partial charge in [-0.1, -0.05) is 6.07 Å². The van der Waals surface area contributed by atoms with Crippen molar-refractivity contribution in [1.29, 1.82) is 0 Å². The zero-order chi connectivity index (χ0) is 14.4. The number of H-pyrrole nitrogens is 1. The van der Waals surface area contributed by atoms with Crippen molar-refractivity contribution in [3.8, 4) is 0 Å². The Morgan fingerprint density at radius 1 is 1.50 bits per heavy atom. The van der Waals surface area contributed by atoms with Gasteiger partial charge in [0, 0.05) is 11.8 Å². The molecule has 8 heteroatoms. The summed E-state index contributed by atoms with van der Waals surface area (Å²) in [4.78, 5) is 28.0. The number of nitrogens with one attached hydrogen (secondary N) is 3. The first-order valence-electron chi connectivity index (χ1n) is 6.06. The highest BCUT2D eigenvalue weighted by Crippen LogP contribution is 2.21. The van der Waals surface area contributed by atoms with Crippen LogP contribution in [-0.4, -0.2) is 27.0 Å². The summed E-state index contributed by atoms with van der Waals surface area (Å²) in [7, 11) is 0. The first-order valence-corrected chi connectivity index (χ1v) is 6.94. The number of hydrogen-bond acceptors (Lipinski definition) is 5. The van der Waals surface area contributed by atoms with E-state index in [0.29, 0.717) is 5.82 Å². The lowest BCUT2D eigenvalue weighted by molar-refractivity contribution is -0.122. The van der Waals surface area contributed by atoms with E-state index in [4.69, 9.17) is 0 Å². The van der Waals surface area contributed by atoms with Gasteiger partial charge in [-0.25, -0.2) is 4.98 Å². The number of nitrogens with zero attached hydrogens (tertiary/aromatic N) is 2. The van der Waals surface area contributed by atoms with Crippen molar-refractivity contribution in [3.05, 3.63) is 34.5 Å². The molecular weight excluding hydrogens is 278 g/mol. The lowest BCUT2D eigenvalue weighted by atomic mass is 10.1. The third-order valence-electron chi connectivity index (χ3n) is 2.57. The number of amides is 2. The smallest absolute Gasteiger partial charge is 0.222 e. The van der Waals surface area contributed by atoms with Crippen molar-refractivity contribution >= 4 is 23.2 Å². The maximum Gasteiger partial charge on any atom is 0.222 e. The molecule has 3 N–H and O–H groups in total. The predicted octanol–water partition coefficient (Wildman–Crippen LogP) is 0.750. The van der Waals surface area contributed by atoms with Crippen LogP contribution in [0, 0.1) is 0 Å². The van der Waals surface area contributed by atoms with Crippen LogP contribution in [0.5, 0.6) is 0 Å². The molecule has 20 heavy (non-hydrogen) atoms. The van der Waals surface area contributed by atoms with Gasteiger partial charge in [-0.05, 0) is 11.4 Å². The molecule has 1 atom stereocenters. The molecule has 7 nitrogen and oxygen atoms in total. The van der Waals surface area contributed by atoms with Crippen LogP contribution in [0.4, 0.5) is 0 Å². The Morgan fingerprint density at radius 3 is 2.95 bits per heavy atom. The van der Waals surface area contributed by atoms with Crippen molar-refractivity contribution in [2.75, 3.05) is 0 Å². The molecule has 0 aliphatic rings. The fraction of sp³-hybridized carbons (Fsp3) is 0.333. The Kier molecular flexibility index (Phi) is 4.83. The Morgan fingerprint density at radius 2 is 2.35 bits per heavy atom. The van der Waals surface area contributed by atoms with Crippen LogP contribution >= 0.6 is 11.3 Å². The lowest BCUT2D eigenvalue weighted by Crippen LogP contribution is -2.32. The molecule has 0 aromatic carbocycles. The largest absolute Gasteiger partial charge is 0.349 e. The van der Waals surface area contributed by atoms with Gasteiger partial charge in [0.2, 0.25) is 11.8 Å². The normalized spacial score (nSPS) is 11.8. The number of aromatic nitrogens is 3. The molecule has 0 bridgehead atoms. The first-order chi connectivity index (χ1) is 9.65. The minimum atomic E-state index is -0.303. The van der Waals surface area contributed by atoms with Gasteiger partial charge in [-0.3, -0.25) is 14.7 Å². The van der Waals surface area contributed by atoms with Crippen molar-refractivity contribution < 1.29 is 9.59 Å². The topological polar surface area (TPSA) is 99.8 Å². The highest BCUT2D eigenvalue weighted by Gasteiger charge is 2.17. The van der Waals surface area contributed by atoms with Gasteiger partial charge < -0.3 is 10.6 Å². The van der Waals surface area contributed by atoms with E-state index in [9.17, 15) is 9.59 Å². The number of thiophene rings is 1. The summed E-state index contributed by atoms with van der Waals surface area (Å²) in [6.07, 6.45) is 1.57. The minimum absolute atomic E-state index is 0.159. The second-order valence-electron chi connectivity index (χ2n) is 4.18. The maximum atomic E-state index is 11.9. The molecule has 1 unspecified atom stereocenters. The molecule has 0 spiro atoms. The van der Waals surface area contributed by atoms with Gasteiger partial charge in [0.15, 0.2) is 0 Å². The van der Waals surface area contributed by atoms with Crippen LogP contribution in [0.1, 0.15) is 30.1 Å². The molecule has 106 valence electrons. The highest BCUT2D eigenvalue weighted by molar-refractivity contribution is 7.10. The van der Waals surface area contributed by atoms with E-state index < -0.39 is 0 Å². The van der Waals surface area contributed by atoms with E-state index in [2.05, 4.69) is 25.8 Å². The van der Waals surface area contributed by atoms with Gasteiger partial charge in [-0.2, -0.15) is 5.10 Å². The average Bonchev–Trinajstić information content (AvgIpc) is 3.08. The minimum Gasteiger partial charge on any atom is -0.349 e. The summed E-state index contributed by atoms with van der Waals surface area (Å²) in [6.45, 7) is 1.73. The molecule has 0 radical (unpaired) electrons. The molecule has 2 aromatic heterocycles. The summed E-state index contributed by atoms with van der Waals surface area (Å²) in [6, 6.07) is 3.48. The molecule has 2 amide bonds. The van der Waals surface area contributed by atoms with E-state index in [1.807, 2.05) is 17.5 Å². The van der Waals surface area contributed by atoms with Crippen molar-refractivity contribution in [1.82, 2.24) is 25.8 Å². The van der Waals surface area contributed by atoms with Gasteiger partial charge in [0.25, 0.3) is 0 Å². The maximum absolute atomic E-state index is 11.9. The first kappa shape index (κ1) is 14.2. The quantitative estimate of drug-likeness (QED) is 0.731. The lowest BCUT2D eigenvalue weighted by Gasteiger charge is -2.15. The van der Waals surface area contributed by atoms with Crippen molar-refractivity contribution in [2.45, 2.75) is 25.9 Å². The zero-order valence-electron chi connectivity index (χ0n) is 10.9.